The fourth-order valence-electron chi connectivity index (χ4n) is 1.77. The Balaban J connectivity index is 2.73. The number of ether oxygens (including phenoxy) is 1. The van der Waals surface area contributed by atoms with Gasteiger partial charge in [-0.2, -0.15) is 0 Å². The van der Waals surface area contributed by atoms with Crippen molar-refractivity contribution in [3.63, 3.8) is 0 Å². The van der Waals surface area contributed by atoms with Crippen LogP contribution in [0.25, 0.3) is 10.9 Å². The van der Waals surface area contributed by atoms with Crippen molar-refractivity contribution >= 4 is 10.9 Å². The molecule has 0 saturated heterocycles. The Morgan fingerprint density at radius 1 is 1.40 bits per heavy atom. The summed E-state index contributed by atoms with van der Waals surface area (Å²) in [6, 6.07) is 7.37. The summed E-state index contributed by atoms with van der Waals surface area (Å²) >= 11 is 0. The van der Waals surface area contributed by atoms with E-state index >= 15 is 0 Å². The van der Waals surface area contributed by atoms with Gasteiger partial charge in [0.1, 0.15) is 0 Å². The summed E-state index contributed by atoms with van der Waals surface area (Å²) in [5.74, 6) is 0. The molecule has 1 aromatic carbocycles. The van der Waals surface area contributed by atoms with Gasteiger partial charge in [-0.15, -0.1) is 0 Å². The highest BCUT2D eigenvalue weighted by Gasteiger charge is 2.03. The van der Waals surface area contributed by atoms with Crippen LogP contribution in [0.1, 0.15) is 11.3 Å². The molecule has 0 saturated carbocycles. The van der Waals surface area contributed by atoms with E-state index in [1.54, 1.807) is 13.2 Å². The molecule has 2 rings (SSSR count). The average molecular weight is 203 g/mol. The maximum atomic E-state index is 11.8. The predicted molar refractivity (Wildman–Crippen MR) is 60.0 cm³/mol. The predicted octanol–water partition coefficient (Wildman–Crippen LogP) is 1.98. The molecule has 0 aliphatic rings. The summed E-state index contributed by atoms with van der Waals surface area (Å²) in [4.78, 5) is 15.0. The SMILES string of the molecule is COCc1cc(=O)c2c(C)cccc2[nH]1. The van der Waals surface area contributed by atoms with Gasteiger partial charge in [0.05, 0.1) is 6.61 Å². The number of H-pyrrole nitrogens is 1. The van der Waals surface area contributed by atoms with E-state index in [1.165, 1.54) is 0 Å². The topological polar surface area (TPSA) is 42.1 Å². The van der Waals surface area contributed by atoms with Crippen LogP contribution in [0.15, 0.2) is 29.1 Å². The number of rotatable bonds is 2. The van der Waals surface area contributed by atoms with Crippen LogP contribution in [0, 0.1) is 6.92 Å². The van der Waals surface area contributed by atoms with Crippen LogP contribution in [0.5, 0.6) is 0 Å². The molecule has 15 heavy (non-hydrogen) atoms. The highest BCUT2D eigenvalue weighted by molar-refractivity contribution is 5.81. The minimum Gasteiger partial charge on any atom is -0.378 e. The molecule has 0 radical (unpaired) electrons. The summed E-state index contributed by atoms with van der Waals surface area (Å²) in [5.41, 5.74) is 2.72. The van der Waals surface area contributed by atoms with Gasteiger partial charge in [-0.1, -0.05) is 12.1 Å². The first kappa shape index (κ1) is 9.93. The number of hydrogen-bond donors (Lipinski definition) is 1. The van der Waals surface area contributed by atoms with Crippen LogP contribution in [-0.4, -0.2) is 12.1 Å². The molecule has 2 aromatic rings. The monoisotopic (exact) mass is 203 g/mol. The van der Waals surface area contributed by atoms with E-state index < -0.39 is 0 Å². The van der Waals surface area contributed by atoms with Gasteiger partial charge in [0.15, 0.2) is 5.43 Å². The maximum absolute atomic E-state index is 11.8. The van der Waals surface area contributed by atoms with Crippen molar-refractivity contribution in [2.45, 2.75) is 13.5 Å². The molecule has 0 atom stereocenters. The number of methoxy groups -OCH3 is 1. The van der Waals surface area contributed by atoms with E-state index in [1.807, 2.05) is 25.1 Å². The van der Waals surface area contributed by atoms with Crippen LogP contribution in [-0.2, 0) is 11.3 Å². The lowest BCUT2D eigenvalue weighted by Gasteiger charge is -2.04. The first-order valence-corrected chi connectivity index (χ1v) is 4.83. The molecule has 0 unspecified atom stereocenters. The Hall–Kier alpha value is -1.61. The van der Waals surface area contributed by atoms with E-state index in [0.717, 1.165) is 22.2 Å². The number of fused-ring (bicyclic) bond motifs is 1. The molecule has 0 amide bonds. The number of hydrogen-bond acceptors (Lipinski definition) is 2. The van der Waals surface area contributed by atoms with Crippen LogP contribution in [0.4, 0.5) is 0 Å². The number of aryl methyl sites for hydroxylation is 1. The Bertz CT molecular complexity index is 543. The van der Waals surface area contributed by atoms with Crippen LogP contribution in [0.2, 0.25) is 0 Å². The standard InChI is InChI=1S/C12H13NO2/c1-8-4-3-5-10-12(8)11(14)6-9(13-10)7-15-2/h3-6H,7H2,1-2H3,(H,13,14). The summed E-state index contributed by atoms with van der Waals surface area (Å²) in [5, 5.41) is 0.761. The highest BCUT2D eigenvalue weighted by atomic mass is 16.5. The molecule has 1 heterocycles. The van der Waals surface area contributed by atoms with Gasteiger partial charge in [0, 0.05) is 29.8 Å². The van der Waals surface area contributed by atoms with E-state index in [-0.39, 0.29) is 5.43 Å². The lowest BCUT2D eigenvalue weighted by Crippen LogP contribution is -2.07. The van der Waals surface area contributed by atoms with Crippen molar-refractivity contribution in [1.29, 1.82) is 0 Å². The highest BCUT2D eigenvalue weighted by Crippen LogP contribution is 2.12. The molecule has 0 aliphatic heterocycles. The minimum absolute atomic E-state index is 0.0499. The fraction of sp³-hybridized carbons (Fsp3) is 0.250. The van der Waals surface area contributed by atoms with Gasteiger partial charge in [0.2, 0.25) is 0 Å². The Kier molecular flexibility index (Phi) is 2.56. The number of aromatic amines is 1. The molecule has 78 valence electrons. The molecule has 3 nitrogen and oxygen atoms in total. The first-order valence-electron chi connectivity index (χ1n) is 4.83. The minimum atomic E-state index is 0.0499. The third-order valence-electron chi connectivity index (χ3n) is 2.42. The summed E-state index contributed by atoms with van der Waals surface area (Å²) in [7, 11) is 1.61. The van der Waals surface area contributed by atoms with E-state index in [4.69, 9.17) is 4.74 Å². The fourth-order valence-corrected chi connectivity index (χ4v) is 1.77. The van der Waals surface area contributed by atoms with E-state index in [2.05, 4.69) is 4.98 Å². The molecule has 0 bridgehead atoms. The zero-order valence-corrected chi connectivity index (χ0v) is 8.83. The molecular formula is C12H13NO2. The Morgan fingerprint density at radius 2 is 2.20 bits per heavy atom. The smallest absolute Gasteiger partial charge is 0.190 e. The second kappa shape index (κ2) is 3.87. The van der Waals surface area contributed by atoms with E-state index in [9.17, 15) is 4.79 Å². The molecule has 0 aliphatic carbocycles. The number of pyridine rings is 1. The molecule has 1 N–H and O–H groups in total. The second-order valence-corrected chi connectivity index (χ2v) is 3.59. The van der Waals surface area contributed by atoms with E-state index in [0.29, 0.717) is 6.61 Å². The third-order valence-corrected chi connectivity index (χ3v) is 2.42. The average Bonchev–Trinajstić information content (AvgIpc) is 2.17. The second-order valence-electron chi connectivity index (χ2n) is 3.59. The first-order chi connectivity index (χ1) is 7.22. The number of benzene rings is 1. The van der Waals surface area contributed by atoms with Crippen molar-refractivity contribution in [2.24, 2.45) is 0 Å². The summed E-state index contributed by atoms with van der Waals surface area (Å²) in [6.07, 6.45) is 0. The lowest BCUT2D eigenvalue weighted by atomic mass is 10.1. The maximum Gasteiger partial charge on any atom is 0.190 e. The Morgan fingerprint density at radius 3 is 2.93 bits per heavy atom. The molecule has 0 spiro atoms. The van der Waals surface area contributed by atoms with Gasteiger partial charge in [0.25, 0.3) is 0 Å². The normalized spacial score (nSPS) is 10.8. The summed E-state index contributed by atoms with van der Waals surface area (Å²) < 4.78 is 4.99. The van der Waals surface area contributed by atoms with Crippen molar-refractivity contribution in [2.75, 3.05) is 7.11 Å². The van der Waals surface area contributed by atoms with Gasteiger partial charge >= 0.3 is 0 Å². The van der Waals surface area contributed by atoms with Crippen molar-refractivity contribution in [3.8, 4) is 0 Å². The lowest BCUT2D eigenvalue weighted by molar-refractivity contribution is 0.181. The van der Waals surface area contributed by atoms with Crippen LogP contribution >= 0.6 is 0 Å². The molecule has 0 fully saturated rings. The Labute approximate surface area is 87.7 Å². The van der Waals surface area contributed by atoms with Gasteiger partial charge in [-0.25, -0.2) is 0 Å². The zero-order valence-electron chi connectivity index (χ0n) is 8.83. The zero-order chi connectivity index (χ0) is 10.8. The molecule has 1 aromatic heterocycles. The largest absolute Gasteiger partial charge is 0.378 e. The van der Waals surface area contributed by atoms with Crippen LogP contribution in [0.3, 0.4) is 0 Å². The quantitative estimate of drug-likeness (QED) is 0.811. The number of aromatic nitrogens is 1. The van der Waals surface area contributed by atoms with Gasteiger partial charge < -0.3 is 9.72 Å². The molecular weight excluding hydrogens is 190 g/mol. The number of nitrogens with one attached hydrogen (secondary N) is 1. The van der Waals surface area contributed by atoms with Crippen LogP contribution < -0.4 is 5.43 Å². The third kappa shape index (κ3) is 1.78. The van der Waals surface area contributed by atoms with Crippen molar-refractivity contribution < 1.29 is 4.74 Å². The van der Waals surface area contributed by atoms with Gasteiger partial charge in [-0.05, 0) is 18.6 Å². The summed E-state index contributed by atoms with van der Waals surface area (Å²) in [6.45, 7) is 2.37. The molecule has 3 heteroatoms. The van der Waals surface area contributed by atoms with Gasteiger partial charge in [-0.3, -0.25) is 4.79 Å². The van der Waals surface area contributed by atoms with Crippen molar-refractivity contribution in [1.82, 2.24) is 4.98 Å². The van der Waals surface area contributed by atoms with Crippen molar-refractivity contribution in [3.05, 3.63) is 45.7 Å².